The molecule has 0 saturated carbocycles. The Kier molecular flexibility index (Phi) is 6.84. The molecule has 31 heavy (non-hydrogen) atoms. The summed E-state index contributed by atoms with van der Waals surface area (Å²) in [6.07, 6.45) is 2.65. The summed E-state index contributed by atoms with van der Waals surface area (Å²) in [7, 11) is 0. The fraction of sp³-hybridized carbons (Fsp3) is 0.211. The lowest BCUT2D eigenvalue weighted by Gasteiger charge is -2.15. The largest absolute Gasteiger partial charge is 0.481 e. The summed E-state index contributed by atoms with van der Waals surface area (Å²) in [5.74, 6) is -1.35. The smallest absolute Gasteiger partial charge is 0.309 e. The van der Waals surface area contributed by atoms with E-state index >= 15 is 0 Å². The van der Waals surface area contributed by atoms with Crippen molar-refractivity contribution in [2.45, 2.75) is 6.04 Å². The molecule has 12 heteroatoms. The number of carbonyl (C=O) groups is 1. The fourth-order valence-corrected chi connectivity index (χ4v) is 3.24. The number of benzene rings is 1. The molecule has 9 nitrogen and oxygen atoms in total. The molecule has 3 aromatic rings. The zero-order chi connectivity index (χ0) is 21.3. The summed E-state index contributed by atoms with van der Waals surface area (Å²) >= 11 is 5.68. The van der Waals surface area contributed by atoms with Gasteiger partial charge in [0, 0.05) is 30.9 Å². The van der Waals surface area contributed by atoms with Gasteiger partial charge in [-0.15, -0.1) is 12.4 Å². The standard InChI is InChI=1S/C19H16ClFN6O3.ClH/c20-11-5-14(21)17(23-6-11)30-12-3-1-10(2-4-12)16-24-9-25-19(26-16)27-7-13(18(28)29)15(22)8-27;/h1-6,9,13,15H,7-8,22H2,(H,28,29);1H. The van der Waals surface area contributed by atoms with Crippen molar-refractivity contribution in [2.24, 2.45) is 11.7 Å². The molecule has 162 valence electrons. The lowest BCUT2D eigenvalue weighted by molar-refractivity contribution is -0.141. The Labute approximate surface area is 187 Å². The van der Waals surface area contributed by atoms with Gasteiger partial charge in [0.15, 0.2) is 11.6 Å². The van der Waals surface area contributed by atoms with Gasteiger partial charge >= 0.3 is 5.97 Å². The Bertz CT molecular complexity index is 1090. The first kappa shape index (κ1) is 22.6. The van der Waals surface area contributed by atoms with Gasteiger partial charge in [-0.2, -0.15) is 4.98 Å². The number of anilines is 1. The van der Waals surface area contributed by atoms with Crippen LogP contribution in [-0.2, 0) is 4.79 Å². The van der Waals surface area contributed by atoms with E-state index in [2.05, 4.69) is 19.9 Å². The molecule has 1 aliphatic heterocycles. The van der Waals surface area contributed by atoms with E-state index in [-0.39, 0.29) is 29.9 Å². The van der Waals surface area contributed by atoms with Crippen LogP contribution in [-0.4, -0.2) is 50.1 Å². The minimum Gasteiger partial charge on any atom is -0.481 e. The maximum atomic E-state index is 13.8. The van der Waals surface area contributed by atoms with Crippen LogP contribution in [0.3, 0.4) is 0 Å². The van der Waals surface area contributed by atoms with Crippen LogP contribution in [0.4, 0.5) is 10.3 Å². The van der Waals surface area contributed by atoms with E-state index in [4.69, 9.17) is 22.1 Å². The Morgan fingerprint density at radius 3 is 2.61 bits per heavy atom. The highest BCUT2D eigenvalue weighted by Crippen LogP contribution is 2.27. The van der Waals surface area contributed by atoms with Crippen LogP contribution in [0.5, 0.6) is 11.6 Å². The van der Waals surface area contributed by atoms with Crippen LogP contribution in [0.25, 0.3) is 11.4 Å². The van der Waals surface area contributed by atoms with E-state index in [1.54, 1.807) is 29.2 Å². The SMILES string of the molecule is Cl.NC1CN(c2ncnc(-c3ccc(Oc4ncc(Cl)cc4F)cc3)n2)CC1C(=O)O. The molecule has 3 N–H and O–H groups in total. The molecular weight excluding hydrogens is 450 g/mol. The number of halogens is 3. The summed E-state index contributed by atoms with van der Waals surface area (Å²) in [5.41, 5.74) is 6.58. The molecule has 4 rings (SSSR count). The van der Waals surface area contributed by atoms with Gasteiger partial charge < -0.3 is 20.5 Å². The third-order valence-corrected chi connectivity index (χ3v) is 4.83. The fourth-order valence-electron chi connectivity index (χ4n) is 3.09. The van der Waals surface area contributed by atoms with Crippen molar-refractivity contribution in [1.82, 2.24) is 19.9 Å². The summed E-state index contributed by atoms with van der Waals surface area (Å²) in [4.78, 5) is 29.5. The Morgan fingerprint density at radius 2 is 1.97 bits per heavy atom. The van der Waals surface area contributed by atoms with Crippen molar-refractivity contribution in [2.75, 3.05) is 18.0 Å². The third-order valence-electron chi connectivity index (χ3n) is 4.63. The first-order valence-corrected chi connectivity index (χ1v) is 9.30. The minimum absolute atomic E-state index is 0. The topological polar surface area (TPSA) is 127 Å². The second kappa shape index (κ2) is 9.38. The average molecular weight is 467 g/mol. The predicted molar refractivity (Wildman–Crippen MR) is 113 cm³/mol. The minimum atomic E-state index is -0.943. The average Bonchev–Trinajstić information content (AvgIpc) is 3.13. The van der Waals surface area contributed by atoms with Crippen LogP contribution in [0.1, 0.15) is 0 Å². The van der Waals surface area contributed by atoms with E-state index in [1.165, 1.54) is 12.5 Å². The molecule has 2 unspecified atom stereocenters. The molecule has 0 radical (unpaired) electrons. The first-order chi connectivity index (χ1) is 14.4. The van der Waals surface area contributed by atoms with Crippen molar-refractivity contribution in [3.8, 4) is 23.0 Å². The van der Waals surface area contributed by atoms with Gasteiger partial charge in [-0.3, -0.25) is 4.79 Å². The van der Waals surface area contributed by atoms with E-state index in [9.17, 15) is 14.3 Å². The third kappa shape index (κ3) is 4.98. The molecule has 0 spiro atoms. The quantitative estimate of drug-likeness (QED) is 0.582. The second-order valence-electron chi connectivity index (χ2n) is 6.69. The molecule has 2 aromatic heterocycles. The summed E-state index contributed by atoms with van der Waals surface area (Å²) in [6, 6.07) is 7.28. The van der Waals surface area contributed by atoms with Crippen molar-refractivity contribution in [3.05, 3.63) is 53.7 Å². The van der Waals surface area contributed by atoms with E-state index in [0.717, 1.165) is 6.07 Å². The number of hydrogen-bond donors (Lipinski definition) is 2. The number of aliphatic carboxylic acids is 1. The van der Waals surface area contributed by atoms with Crippen molar-refractivity contribution in [1.29, 1.82) is 0 Å². The number of carboxylic acids is 1. The highest BCUT2D eigenvalue weighted by atomic mass is 35.5. The number of nitrogens with two attached hydrogens (primary N) is 1. The summed E-state index contributed by atoms with van der Waals surface area (Å²) in [5, 5.41) is 9.41. The Hall–Kier alpha value is -3.08. The van der Waals surface area contributed by atoms with Crippen LogP contribution < -0.4 is 15.4 Å². The molecule has 0 bridgehead atoms. The van der Waals surface area contributed by atoms with Crippen LogP contribution in [0, 0.1) is 11.7 Å². The highest BCUT2D eigenvalue weighted by molar-refractivity contribution is 6.30. The lowest BCUT2D eigenvalue weighted by atomic mass is 10.1. The Morgan fingerprint density at radius 1 is 1.23 bits per heavy atom. The van der Waals surface area contributed by atoms with Gasteiger partial charge in [0.25, 0.3) is 5.88 Å². The molecule has 0 amide bonds. The van der Waals surface area contributed by atoms with Crippen LogP contribution in [0.15, 0.2) is 42.9 Å². The number of ether oxygens (including phenoxy) is 1. The number of hydrogen-bond acceptors (Lipinski definition) is 8. The van der Waals surface area contributed by atoms with E-state index in [0.29, 0.717) is 29.6 Å². The van der Waals surface area contributed by atoms with Crippen molar-refractivity contribution >= 4 is 35.9 Å². The zero-order valence-corrected chi connectivity index (χ0v) is 17.4. The monoisotopic (exact) mass is 466 g/mol. The number of aromatic nitrogens is 4. The van der Waals surface area contributed by atoms with E-state index in [1.807, 2.05) is 0 Å². The highest BCUT2D eigenvalue weighted by Gasteiger charge is 2.36. The lowest BCUT2D eigenvalue weighted by Crippen LogP contribution is -2.33. The number of carboxylic acid groups (broad SMARTS) is 1. The summed E-state index contributed by atoms with van der Waals surface area (Å²) < 4.78 is 19.3. The predicted octanol–water partition coefficient (Wildman–Crippen LogP) is 2.79. The molecule has 1 fully saturated rings. The maximum Gasteiger partial charge on any atom is 0.309 e. The number of nitrogens with zero attached hydrogens (tertiary/aromatic N) is 5. The molecular formula is C19H17Cl2FN6O3. The Balaban J connectivity index is 0.00000272. The van der Waals surface area contributed by atoms with Crippen molar-refractivity contribution in [3.63, 3.8) is 0 Å². The maximum absolute atomic E-state index is 13.8. The molecule has 1 saturated heterocycles. The summed E-state index contributed by atoms with van der Waals surface area (Å²) in [6.45, 7) is 0.569. The van der Waals surface area contributed by atoms with Gasteiger partial charge in [0.1, 0.15) is 12.1 Å². The van der Waals surface area contributed by atoms with Crippen LogP contribution in [0.2, 0.25) is 5.02 Å². The molecule has 2 atom stereocenters. The van der Waals surface area contributed by atoms with E-state index < -0.39 is 23.7 Å². The first-order valence-electron chi connectivity index (χ1n) is 8.92. The van der Waals surface area contributed by atoms with Gasteiger partial charge in [0.2, 0.25) is 5.95 Å². The molecule has 1 aliphatic rings. The number of rotatable bonds is 5. The van der Waals surface area contributed by atoms with Gasteiger partial charge in [0.05, 0.1) is 10.9 Å². The normalized spacial score (nSPS) is 17.8. The zero-order valence-electron chi connectivity index (χ0n) is 15.9. The van der Waals surface area contributed by atoms with Gasteiger partial charge in [-0.25, -0.2) is 19.3 Å². The molecule has 0 aliphatic carbocycles. The van der Waals surface area contributed by atoms with Crippen LogP contribution >= 0.6 is 24.0 Å². The van der Waals surface area contributed by atoms with Gasteiger partial charge in [-0.05, 0) is 30.3 Å². The molecule has 3 heterocycles. The number of pyridine rings is 1. The van der Waals surface area contributed by atoms with Crippen molar-refractivity contribution < 1.29 is 19.0 Å². The second-order valence-corrected chi connectivity index (χ2v) is 7.13. The molecule has 1 aromatic carbocycles. The van der Waals surface area contributed by atoms with Gasteiger partial charge in [-0.1, -0.05) is 11.6 Å².